The first-order chi connectivity index (χ1) is 5.27. The summed E-state index contributed by atoms with van der Waals surface area (Å²) in [5.41, 5.74) is 0. The van der Waals surface area contributed by atoms with E-state index < -0.39 is 0 Å². The summed E-state index contributed by atoms with van der Waals surface area (Å²) in [5.74, 6) is 0.325. The zero-order valence-corrected chi connectivity index (χ0v) is 8.57. The highest BCUT2D eigenvalue weighted by Gasteiger charge is 1.91. The number of rotatable bonds is 7. The van der Waals surface area contributed by atoms with Crippen LogP contribution < -0.4 is 0 Å². The lowest BCUT2D eigenvalue weighted by Crippen LogP contribution is -1.82. The van der Waals surface area contributed by atoms with Crippen LogP contribution in [0, 0.1) is 0 Å². The average Bonchev–Trinajstić information content (AvgIpc) is 1.96. The van der Waals surface area contributed by atoms with Crippen LogP contribution in [0.15, 0.2) is 12.3 Å². The Morgan fingerprint density at radius 1 is 1.09 bits per heavy atom. The summed E-state index contributed by atoms with van der Waals surface area (Å²) >= 11 is 3.39. The second-order valence-electron chi connectivity index (χ2n) is 2.77. The normalized spacial score (nSPS) is 9.91. The van der Waals surface area contributed by atoms with Crippen molar-refractivity contribution in [2.24, 2.45) is 0 Å². The van der Waals surface area contributed by atoms with Crippen LogP contribution in [0.1, 0.15) is 38.5 Å². The van der Waals surface area contributed by atoms with E-state index in [4.69, 9.17) is 5.11 Å². The zero-order chi connectivity index (χ0) is 8.53. The van der Waals surface area contributed by atoms with Crippen LogP contribution in [-0.2, 0) is 0 Å². The number of hydrogen-bond acceptors (Lipinski definition) is 1. The Labute approximate surface area is 77.6 Å². The number of halogens is 1. The molecule has 0 heterocycles. The number of alkyl halides is 1. The minimum atomic E-state index is 0.325. The molecule has 66 valence electrons. The molecule has 0 aromatic carbocycles. The SMILES string of the molecule is C=C(O)CCCCCCCBr. The Balaban J connectivity index is 2.85. The fourth-order valence-electron chi connectivity index (χ4n) is 0.954. The van der Waals surface area contributed by atoms with E-state index in [-0.39, 0.29) is 0 Å². The average molecular weight is 221 g/mol. The molecule has 0 spiro atoms. The molecule has 0 saturated carbocycles. The second kappa shape index (κ2) is 8.12. The molecule has 0 aliphatic carbocycles. The van der Waals surface area contributed by atoms with Crippen LogP contribution in [0.4, 0.5) is 0 Å². The lowest BCUT2D eigenvalue weighted by Gasteiger charge is -1.98. The monoisotopic (exact) mass is 220 g/mol. The molecular weight excluding hydrogens is 204 g/mol. The molecule has 0 unspecified atom stereocenters. The van der Waals surface area contributed by atoms with E-state index in [0.717, 1.165) is 18.2 Å². The third-order valence-corrected chi connectivity index (χ3v) is 2.16. The van der Waals surface area contributed by atoms with Crippen molar-refractivity contribution in [2.45, 2.75) is 38.5 Å². The highest BCUT2D eigenvalue weighted by atomic mass is 79.9. The van der Waals surface area contributed by atoms with Crippen LogP contribution in [0.2, 0.25) is 0 Å². The second-order valence-corrected chi connectivity index (χ2v) is 3.57. The predicted octanol–water partition coefficient (Wildman–Crippen LogP) is 3.79. The van der Waals surface area contributed by atoms with Gasteiger partial charge in [-0.2, -0.15) is 0 Å². The first kappa shape index (κ1) is 11.0. The van der Waals surface area contributed by atoms with Gasteiger partial charge in [-0.1, -0.05) is 41.8 Å². The molecule has 2 heteroatoms. The summed E-state index contributed by atoms with van der Waals surface area (Å²) in [7, 11) is 0. The van der Waals surface area contributed by atoms with Gasteiger partial charge in [-0.25, -0.2) is 0 Å². The van der Waals surface area contributed by atoms with Gasteiger partial charge < -0.3 is 5.11 Å². The maximum atomic E-state index is 8.75. The van der Waals surface area contributed by atoms with E-state index in [2.05, 4.69) is 22.5 Å². The summed E-state index contributed by atoms with van der Waals surface area (Å²) in [6.07, 6.45) is 6.90. The molecule has 0 saturated heterocycles. The number of aliphatic hydroxyl groups is 1. The number of unbranched alkanes of at least 4 members (excludes halogenated alkanes) is 4. The van der Waals surface area contributed by atoms with Gasteiger partial charge in [0.1, 0.15) is 0 Å². The minimum Gasteiger partial charge on any atom is -0.513 e. The smallest absolute Gasteiger partial charge is 0.0851 e. The van der Waals surface area contributed by atoms with Gasteiger partial charge >= 0.3 is 0 Å². The van der Waals surface area contributed by atoms with Crippen molar-refractivity contribution < 1.29 is 5.11 Å². The van der Waals surface area contributed by atoms with E-state index in [0.29, 0.717) is 5.76 Å². The van der Waals surface area contributed by atoms with Crippen molar-refractivity contribution >= 4 is 15.9 Å². The van der Waals surface area contributed by atoms with Crippen LogP contribution in [0.5, 0.6) is 0 Å². The molecule has 0 atom stereocenters. The molecule has 1 nitrogen and oxygen atoms in total. The minimum absolute atomic E-state index is 0.325. The van der Waals surface area contributed by atoms with Gasteiger partial charge in [0.05, 0.1) is 5.76 Å². The standard InChI is InChI=1S/C9H17BrO/c1-9(11)7-5-3-2-4-6-8-10/h11H,1-8H2. The number of hydrogen-bond donors (Lipinski definition) is 1. The van der Waals surface area contributed by atoms with Crippen LogP contribution in [-0.4, -0.2) is 10.4 Å². The van der Waals surface area contributed by atoms with Gasteiger partial charge in [-0.3, -0.25) is 0 Å². The Morgan fingerprint density at radius 3 is 2.18 bits per heavy atom. The largest absolute Gasteiger partial charge is 0.513 e. The molecule has 11 heavy (non-hydrogen) atoms. The summed E-state index contributed by atoms with van der Waals surface area (Å²) in [5, 5.41) is 9.86. The molecular formula is C9H17BrO. The third kappa shape index (κ3) is 10.0. The predicted molar refractivity (Wildman–Crippen MR) is 53.3 cm³/mol. The Morgan fingerprint density at radius 2 is 1.64 bits per heavy atom. The molecule has 0 radical (unpaired) electrons. The maximum absolute atomic E-state index is 8.75. The molecule has 0 aromatic heterocycles. The van der Waals surface area contributed by atoms with Gasteiger partial charge in [0.25, 0.3) is 0 Å². The summed E-state index contributed by atoms with van der Waals surface area (Å²) < 4.78 is 0. The highest BCUT2D eigenvalue weighted by molar-refractivity contribution is 9.09. The van der Waals surface area contributed by atoms with Gasteiger partial charge in [-0.05, 0) is 12.8 Å². The van der Waals surface area contributed by atoms with Crippen LogP contribution >= 0.6 is 15.9 Å². The molecule has 0 bridgehead atoms. The van der Waals surface area contributed by atoms with Gasteiger partial charge in [0, 0.05) is 11.8 Å². The number of aliphatic hydroxyl groups excluding tert-OH is 1. The van der Waals surface area contributed by atoms with Crippen LogP contribution in [0.3, 0.4) is 0 Å². The van der Waals surface area contributed by atoms with E-state index in [1.807, 2.05) is 0 Å². The van der Waals surface area contributed by atoms with Crippen molar-refractivity contribution in [3.05, 3.63) is 12.3 Å². The molecule has 0 aliphatic heterocycles. The Bertz CT molecular complexity index is 102. The van der Waals surface area contributed by atoms with E-state index in [1.165, 1.54) is 25.7 Å². The van der Waals surface area contributed by atoms with Crippen LogP contribution in [0.25, 0.3) is 0 Å². The fraction of sp³-hybridized carbons (Fsp3) is 0.778. The lowest BCUT2D eigenvalue weighted by molar-refractivity contribution is 0.383. The quantitative estimate of drug-likeness (QED) is 0.394. The van der Waals surface area contributed by atoms with Crippen molar-refractivity contribution in [2.75, 3.05) is 5.33 Å². The van der Waals surface area contributed by atoms with Crippen molar-refractivity contribution in [3.63, 3.8) is 0 Å². The summed E-state index contributed by atoms with van der Waals surface area (Å²) in [6.45, 7) is 3.44. The summed E-state index contributed by atoms with van der Waals surface area (Å²) in [4.78, 5) is 0. The Hall–Kier alpha value is 0.0200. The topological polar surface area (TPSA) is 20.2 Å². The number of allylic oxidation sites excluding steroid dienone is 1. The Kier molecular flexibility index (Phi) is 8.13. The van der Waals surface area contributed by atoms with Gasteiger partial charge in [0.2, 0.25) is 0 Å². The zero-order valence-electron chi connectivity index (χ0n) is 6.98. The lowest BCUT2D eigenvalue weighted by atomic mass is 10.1. The van der Waals surface area contributed by atoms with Crippen molar-refractivity contribution in [3.8, 4) is 0 Å². The third-order valence-electron chi connectivity index (χ3n) is 1.60. The molecule has 0 fully saturated rings. The maximum Gasteiger partial charge on any atom is 0.0851 e. The van der Waals surface area contributed by atoms with E-state index >= 15 is 0 Å². The molecule has 0 aliphatic rings. The van der Waals surface area contributed by atoms with Gasteiger partial charge in [0.15, 0.2) is 0 Å². The van der Waals surface area contributed by atoms with E-state index in [9.17, 15) is 0 Å². The highest BCUT2D eigenvalue weighted by Crippen LogP contribution is 2.08. The molecule has 1 N–H and O–H groups in total. The first-order valence-corrected chi connectivity index (χ1v) is 5.32. The fourth-order valence-corrected chi connectivity index (χ4v) is 1.35. The van der Waals surface area contributed by atoms with Crippen molar-refractivity contribution in [1.29, 1.82) is 0 Å². The summed E-state index contributed by atoms with van der Waals surface area (Å²) in [6, 6.07) is 0. The first-order valence-electron chi connectivity index (χ1n) is 4.20. The molecule has 0 rings (SSSR count). The van der Waals surface area contributed by atoms with E-state index in [1.54, 1.807) is 0 Å². The van der Waals surface area contributed by atoms with Gasteiger partial charge in [-0.15, -0.1) is 0 Å². The van der Waals surface area contributed by atoms with Crippen molar-refractivity contribution in [1.82, 2.24) is 0 Å². The molecule has 0 aromatic rings. The molecule has 0 amide bonds.